The lowest BCUT2D eigenvalue weighted by Crippen LogP contribution is -2.74. The second kappa shape index (κ2) is 13.0. The Hall–Kier alpha value is -4.61. The van der Waals surface area contributed by atoms with E-state index >= 15 is 0 Å². The normalized spacial score (nSPS) is 22.0. The van der Waals surface area contributed by atoms with Gasteiger partial charge in [0.1, 0.15) is 17.0 Å². The molecule has 46 heavy (non-hydrogen) atoms. The summed E-state index contributed by atoms with van der Waals surface area (Å²) in [6.07, 6.45) is 0.837. The summed E-state index contributed by atoms with van der Waals surface area (Å²) in [5.41, 5.74) is 3.50. The number of hydrogen-bond donors (Lipinski definition) is 3. The number of nitrogens with zero attached hydrogens (tertiary/aromatic N) is 1. The molecule has 11 heteroatoms. The van der Waals surface area contributed by atoms with E-state index in [1.54, 1.807) is 33.0 Å². The van der Waals surface area contributed by atoms with Crippen molar-refractivity contribution >= 4 is 35.3 Å². The molecule has 238 valence electrons. The molecule has 3 aromatic rings. The van der Waals surface area contributed by atoms with Crippen LogP contribution in [0.25, 0.3) is 5.57 Å². The fraction of sp³-hybridized carbons (Fsp3) is 0.314. The first-order valence-corrected chi connectivity index (χ1v) is 16.1. The summed E-state index contributed by atoms with van der Waals surface area (Å²) in [4.78, 5) is 57.7. The number of hydrogen-bond acceptors (Lipinski definition) is 8. The first-order valence-electron chi connectivity index (χ1n) is 15.2. The van der Waals surface area contributed by atoms with Gasteiger partial charge in [0, 0.05) is 24.4 Å². The van der Waals surface area contributed by atoms with Gasteiger partial charge in [0.15, 0.2) is 12.1 Å². The van der Waals surface area contributed by atoms with Gasteiger partial charge in [0.05, 0.1) is 0 Å². The largest absolute Gasteiger partial charge is 0.451 e. The van der Waals surface area contributed by atoms with Crippen molar-refractivity contribution in [2.24, 2.45) is 0 Å². The minimum absolute atomic E-state index is 0.280. The van der Waals surface area contributed by atoms with E-state index in [4.69, 9.17) is 9.47 Å². The lowest BCUT2D eigenvalue weighted by molar-refractivity contribution is -0.164. The highest BCUT2D eigenvalue weighted by Gasteiger charge is 2.57. The molecule has 2 saturated heterocycles. The highest BCUT2D eigenvalue weighted by Crippen LogP contribution is 2.46. The SMILES string of the molecule is CC(C)(C)OC(=O)N[C@@H]1C(=O)N2[C@@H](C(=O)OC(c3ccccc3)c3ccccc3)C(C(=C3CCNC3)c3cc[nH]c(=O)c3)=CS[C@H]12. The van der Waals surface area contributed by atoms with E-state index in [9.17, 15) is 19.2 Å². The molecule has 3 N–H and O–H groups in total. The number of esters is 1. The molecule has 0 bridgehead atoms. The molecule has 4 heterocycles. The number of carbonyl (C=O) groups excluding carboxylic acids is 3. The van der Waals surface area contributed by atoms with E-state index in [1.165, 1.54) is 22.7 Å². The average Bonchev–Trinajstić information content (AvgIpc) is 3.57. The number of alkyl carbamates (subject to hydrolysis) is 1. The van der Waals surface area contributed by atoms with Crippen LogP contribution < -0.4 is 16.2 Å². The number of pyridine rings is 1. The van der Waals surface area contributed by atoms with Crippen LogP contribution in [0.4, 0.5) is 4.79 Å². The molecule has 0 unspecified atom stereocenters. The molecule has 6 rings (SSSR count). The van der Waals surface area contributed by atoms with Crippen molar-refractivity contribution in [1.82, 2.24) is 20.5 Å². The van der Waals surface area contributed by atoms with Gasteiger partial charge in [-0.15, -0.1) is 11.8 Å². The van der Waals surface area contributed by atoms with Crippen molar-refractivity contribution < 1.29 is 23.9 Å². The Morgan fingerprint density at radius 1 is 1.00 bits per heavy atom. The highest BCUT2D eigenvalue weighted by molar-refractivity contribution is 8.03. The molecule has 10 nitrogen and oxygen atoms in total. The predicted octanol–water partition coefficient (Wildman–Crippen LogP) is 4.52. The van der Waals surface area contributed by atoms with E-state index < -0.39 is 47.1 Å². The monoisotopic (exact) mass is 640 g/mol. The Balaban J connectivity index is 1.41. The third kappa shape index (κ3) is 6.52. The maximum atomic E-state index is 14.6. The molecule has 0 saturated carbocycles. The van der Waals surface area contributed by atoms with Gasteiger partial charge in [-0.2, -0.15) is 0 Å². The number of thioether (sulfide) groups is 1. The molecule has 3 atom stereocenters. The summed E-state index contributed by atoms with van der Waals surface area (Å²) in [5, 5.41) is 7.34. The Morgan fingerprint density at radius 3 is 2.26 bits per heavy atom. The van der Waals surface area contributed by atoms with Crippen LogP contribution in [0.15, 0.2) is 100 Å². The highest BCUT2D eigenvalue weighted by atomic mass is 32.2. The van der Waals surface area contributed by atoms with Gasteiger partial charge in [0.2, 0.25) is 11.5 Å². The van der Waals surface area contributed by atoms with Crippen LogP contribution in [-0.2, 0) is 19.1 Å². The number of nitrogens with one attached hydrogen (secondary N) is 3. The molecule has 2 aromatic carbocycles. The van der Waals surface area contributed by atoms with Crippen molar-refractivity contribution in [3.63, 3.8) is 0 Å². The Kier molecular flexibility index (Phi) is 8.88. The Morgan fingerprint density at radius 2 is 1.67 bits per heavy atom. The molecule has 0 spiro atoms. The van der Waals surface area contributed by atoms with Crippen LogP contribution in [0.5, 0.6) is 0 Å². The lowest BCUT2D eigenvalue weighted by atomic mass is 9.86. The van der Waals surface area contributed by atoms with Crippen LogP contribution in [0.2, 0.25) is 0 Å². The van der Waals surface area contributed by atoms with E-state index in [0.717, 1.165) is 28.8 Å². The molecule has 2 amide bonds. The zero-order valence-corrected chi connectivity index (χ0v) is 26.6. The minimum atomic E-state index is -1.13. The molecule has 1 aromatic heterocycles. The first-order chi connectivity index (χ1) is 22.1. The van der Waals surface area contributed by atoms with Crippen LogP contribution in [0.1, 0.15) is 50.0 Å². The van der Waals surface area contributed by atoms with Crippen LogP contribution in [0, 0.1) is 0 Å². The number of aromatic nitrogens is 1. The van der Waals surface area contributed by atoms with Gasteiger partial charge in [0.25, 0.3) is 0 Å². The smallest absolute Gasteiger partial charge is 0.408 e. The number of rotatable bonds is 7. The molecule has 0 radical (unpaired) electrons. The van der Waals surface area contributed by atoms with Crippen molar-refractivity contribution in [1.29, 1.82) is 0 Å². The average molecular weight is 641 g/mol. The summed E-state index contributed by atoms with van der Waals surface area (Å²) < 4.78 is 11.8. The summed E-state index contributed by atoms with van der Waals surface area (Å²) in [6.45, 7) is 6.55. The maximum Gasteiger partial charge on any atom is 0.408 e. The summed E-state index contributed by atoms with van der Waals surface area (Å²) in [7, 11) is 0. The van der Waals surface area contributed by atoms with Gasteiger partial charge in [-0.25, -0.2) is 9.59 Å². The van der Waals surface area contributed by atoms with Crippen LogP contribution >= 0.6 is 11.8 Å². The fourth-order valence-corrected chi connectivity index (χ4v) is 7.22. The Bertz CT molecular complexity index is 1700. The molecule has 3 aliphatic heterocycles. The number of carbonyl (C=O) groups is 3. The summed E-state index contributed by atoms with van der Waals surface area (Å²) in [6, 6.07) is 20.2. The van der Waals surface area contributed by atoms with Crippen LogP contribution in [0.3, 0.4) is 0 Å². The fourth-order valence-electron chi connectivity index (χ4n) is 5.99. The zero-order valence-electron chi connectivity index (χ0n) is 25.8. The quantitative estimate of drug-likeness (QED) is 0.254. The Labute approximate surface area is 271 Å². The summed E-state index contributed by atoms with van der Waals surface area (Å²) in [5.74, 6) is -1.04. The van der Waals surface area contributed by atoms with E-state index in [-0.39, 0.29) is 5.56 Å². The van der Waals surface area contributed by atoms with E-state index in [0.29, 0.717) is 24.1 Å². The molecule has 0 aliphatic carbocycles. The van der Waals surface area contributed by atoms with Crippen LogP contribution in [-0.4, -0.2) is 64.0 Å². The van der Waals surface area contributed by atoms with Gasteiger partial charge in [-0.1, -0.05) is 60.7 Å². The third-order valence-electron chi connectivity index (χ3n) is 7.97. The molecular formula is C35H36N4O6S. The van der Waals surface area contributed by atoms with Gasteiger partial charge >= 0.3 is 12.1 Å². The van der Waals surface area contributed by atoms with Crippen molar-refractivity contribution in [2.45, 2.75) is 56.4 Å². The number of amides is 2. The second-order valence-corrected chi connectivity index (χ2v) is 13.3. The topological polar surface area (TPSA) is 130 Å². The number of β-lactam (4-membered cyclic amide) rings is 1. The number of H-pyrrole nitrogens is 1. The maximum absolute atomic E-state index is 14.6. The minimum Gasteiger partial charge on any atom is -0.451 e. The van der Waals surface area contributed by atoms with Crippen molar-refractivity contribution in [3.8, 4) is 0 Å². The zero-order chi connectivity index (χ0) is 32.4. The lowest BCUT2D eigenvalue weighted by Gasteiger charge is -2.52. The molecule has 3 aliphatic rings. The number of aromatic amines is 1. The van der Waals surface area contributed by atoms with E-state index in [2.05, 4.69) is 15.6 Å². The first kappa shape index (κ1) is 31.4. The molecular weight excluding hydrogens is 604 g/mol. The third-order valence-corrected chi connectivity index (χ3v) is 9.14. The number of fused-ring (bicyclic) bond motifs is 1. The standard InChI is InChI=1S/C35H36N4O6S/c1-35(2,3)45-34(43)38-28-31(41)39-29(33(42)44-30(21-10-6-4-7-11-21)22-12-8-5-9-13-22)25(20-46-32(28)39)27(24-14-16-36-19-24)23-15-17-37-26(40)18-23/h4-13,15,17-18,20,28-30,32,36H,14,16,19H2,1-3H3,(H,37,40)(H,38,43)/t28-,29-,32-/m1/s1. The predicted molar refractivity (Wildman–Crippen MR) is 176 cm³/mol. The number of ether oxygens (including phenoxy) is 2. The van der Waals surface area contributed by atoms with Gasteiger partial charge in [-0.3, -0.25) is 9.59 Å². The van der Waals surface area contributed by atoms with E-state index in [1.807, 2.05) is 66.1 Å². The molecule has 2 fully saturated rings. The van der Waals surface area contributed by atoms with Crippen molar-refractivity contribution in [2.75, 3.05) is 13.1 Å². The van der Waals surface area contributed by atoms with Gasteiger partial charge < -0.3 is 30.0 Å². The van der Waals surface area contributed by atoms with Crippen molar-refractivity contribution in [3.05, 3.63) is 123 Å². The van der Waals surface area contributed by atoms with Gasteiger partial charge in [-0.05, 0) is 73.0 Å². The summed E-state index contributed by atoms with van der Waals surface area (Å²) >= 11 is 1.34. The number of benzene rings is 2. The second-order valence-electron chi connectivity index (χ2n) is 12.4.